The Morgan fingerprint density at radius 1 is 0.345 bits per heavy atom. The second-order valence-corrected chi connectivity index (χ2v) is 15.9. The molecule has 5 heteroatoms. The van der Waals surface area contributed by atoms with E-state index in [9.17, 15) is 0 Å². The Kier molecular flexibility index (Phi) is 7.37. The summed E-state index contributed by atoms with van der Waals surface area (Å²) in [6.07, 6.45) is 0. The lowest BCUT2D eigenvalue weighted by Gasteiger charge is -2.11. The van der Waals surface area contributed by atoms with Gasteiger partial charge < -0.3 is 4.57 Å². The molecule has 4 nitrogen and oxygen atoms in total. The van der Waals surface area contributed by atoms with Crippen LogP contribution < -0.4 is 0 Å². The molecule has 0 aliphatic rings. The van der Waals surface area contributed by atoms with E-state index in [1.165, 1.54) is 58.1 Å². The van der Waals surface area contributed by atoms with Gasteiger partial charge in [0, 0.05) is 53.3 Å². The van der Waals surface area contributed by atoms with Crippen molar-refractivity contribution in [2.45, 2.75) is 0 Å². The molecule has 3 heterocycles. The third-order valence-electron chi connectivity index (χ3n) is 11.4. The first-order chi connectivity index (χ1) is 28.7. The van der Waals surface area contributed by atoms with Gasteiger partial charge in [-0.25, -0.2) is 15.0 Å². The van der Waals surface area contributed by atoms with E-state index in [0.717, 1.165) is 38.9 Å². The summed E-state index contributed by atoms with van der Waals surface area (Å²) in [7, 11) is 0. The summed E-state index contributed by atoms with van der Waals surface area (Å²) in [6.45, 7) is 0. The van der Waals surface area contributed by atoms with Gasteiger partial charge in [0.05, 0.1) is 11.0 Å². The summed E-state index contributed by atoms with van der Waals surface area (Å²) in [5.74, 6) is 1.95. The fourth-order valence-corrected chi connectivity index (χ4v) is 9.94. The average Bonchev–Trinajstić information content (AvgIpc) is 3.85. The summed E-state index contributed by atoms with van der Waals surface area (Å²) in [6, 6.07) is 69.1. The maximum Gasteiger partial charge on any atom is 0.164 e. The van der Waals surface area contributed by atoms with Crippen LogP contribution in [0.1, 0.15) is 0 Å². The van der Waals surface area contributed by atoms with E-state index < -0.39 is 0 Å². The van der Waals surface area contributed by atoms with Crippen LogP contribution in [0.15, 0.2) is 194 Å². The molecule has 12 aromatic rings. The highest BCUT2D eigenvalue weighted by Gasteiger charge is 2.20. The largest absolute Gasteiger partial charge is 0.309 e. The van der Waals surface area contributed by atoms with Gasteiger partial charge in [0.15, 0.2) is 17.5 Å². The molecule has 12 rings (SSSR count). The van der Waals surface area contributed by atoms with Crippen LogP contribution in [0.25, 0.3) is 115 Å². The maximum absolute atomic E-state index is 5.23. The fraction of sp³-hybridized carbons (Fsp3) is 0. The molecule has 0 spiro atoms. The zero-order valence-electron chi connectivity index (χ0n) is 31.2. The number of hydrogen-bond acceptors (Lipinski definition) is 4. The van der Waals surface area contributed by atoms with Crippen molar-refractivity contribution in [1.82, 2.24) is 19.5 Å². The van der Waals surface area contributed by atoms with Gasteiger partial charge in [-0.1, -0.05) is 158 Å². The molecule has 58 heavy (non-hydrogen) atoms. The highest BCUT2D eigenvalue weighted by Crippen LogP contribution is 2.44. The molecule has 0 saturated carbocycles. The highest BCUT2D eigenvalue weighted by atomic mass is 32.1. The van der Waals surface area contributed by atoms with Gasteiger partial charge in [0.25, 0.3) is 0 Å². The van der Waals surface area contributed by atoms with Gasteiger partial charge in [-0.05, 0) is 69.1 Å². The molecule has 3 aromatic heterocycles. The molecule has 0 amide bonds. The Morgan fingerprint density at radius 3 is 1.62 bits per heavy atom. The van der Waals surface area contributed by atoms with Crippen LogP contribution in [0.3, 0.4) is 0 Å². The topological polar surface area (TPSA) is 43.6 Å². The molecule has 0 fully saturated rings. The van der Waals surface area contributed by atoms with Crippen molar-refractivity contribution in [3.05, 3.63) is 194 Å². The lowest BCUT2D eigenvalue weighted by molar-refractivity contribution is 1.08. The van der Waals surface area contributed by atoms with Gasteiger partial charge in [-0.3, -0.25) is 0 Å². The van der Waals surface area contributed by atoms with E-state index in [2.05, 4.69) is 174 Å². The first-order valence-corrected chi connectivity index (χ1v) is 20.3. The van der Waals surface area contributed by atoms with Crippen molar-refractivity contribution in [2.24, 2.45) is 0 Å². The molecule has 0 saturated heterocycles. The Labute approximate surface area is 338 Å². The number of fused-ring (bicyclic) bond motifs is 10. The predicted octanol–water partition coefficient (Wildman–Crippen LogP) is 14.3. The summed E-state index contributed by atoms with van der Waals surface area (Å²) in [5.41, 5.74) is 8.70. The monoisotopic (exact) mass is 756 g/mol. The van der Waals surface area contributed by atoms with Crippen molar-refractivity contribution in [1.29, 1.82) is 0 Å². The SMILES string of the molecule is c1ccc(-c2cccc(-c3nc(-c4ccccc4)nc(-c4cccc5sc6cc(-n7c8ccc9ccccc9c8c8c9ccccc9ccc87)ccc6c45)n3)c2)cc1. The van der Waals surface area contributed by atoms with Crippen LogP contribution in [-0.2, 0) is 0 Å². The zero-order chi connectivity index (χ0) is 38.2. The van der Waals surface area contributed by atoms with Crippen LogP contribution in [0, 0.1) is 0 Å². The van der Waals surface area contributed by atoms with Gasteiger partial charge >= 0.3 is 0 Å². The number of hydrogen-bond donors (Lipinski definition) is 0. The highest BCUT2D eigenvalue weighted by molar-refractivity contribution is 7.26. The summed E-state index contributed by atoms with van der Waals surface area (Å²) < 4.78 is 4.85. The van der Waals surface area contributed by atoms with Gasteiger partial charge in [0.1, 0.15) is 0 Å². The first kappa shape index (κ1) is 32.7. The number of thiophene rings is 1. The molecule has 0 bridgehead atoms. The van der Waals surface area contributed by atoms with E-state index in [-0.39, 0.29) is 0 Å². The average molecular weight is 757 g/mol. The van der Waals surface area contributed by atoms with E-state index >= 15 is 0 Å². The number of rotatable bonds is 5. The van der Waals surface area contributed by atoms with E-state index in [0.29, 0.717) is 17.5 Å². The molecule has 0 N–H and O–H groups in total. The minimum atomic E-state index is 0.645. The maximum atomic E-state index is 5.23. The van der Waals surface area contributed by atoms with Gasteiger partial charge in [-0.15, -0.1) is 11.3 Å². The molecular formula is C53H32N4S. The number of nitrogens with zero attached hydrogens (tertiary/aromatic N) is 4. The quantitative estimate of drug-likeness (QED) is 0.176. The number of aromatic nitrogens is 4. The minimum absolute atomic E-state index is 0.645. The fourth-order valence-electron chi connectivity index (χ4n) is 8.78. The van der Waals surface area contributed by atoms with Crippen molar-refractivity contribution in [3.8, 4) is 51.0 Å². The van der Waals surface area contributed by atoms with Crippen LogP contribution in [-0.4, -0.2) is 19.5 Å². The van der Waals surface area contributed by atoms with Crippen LogP contribution in [0.5, 0.6) is 0 Å². The normalized spacial score (nSPS) is 11.8. The molecule has 0 radical (unpaired) electrons. The minimum Gasteiger partial charge on any atom is -0.309 e. The van der Waals surface area contributed by atoms with E-state index in [1.54, 1.807) is 0 Å². The number of benzene rings is 9. The lowest BCUT2D eigenvalue weighted by Crippen LogP contribution is -2.00. The summed E-state index contributed by atoms with van der Waals surface area (Å²) in [5, 5.41) is 9.95. The van der Waals surface area contributed by atoms with Crippen molar-refractivity contribution in [2.75, 3.05) is 0 Å². The molecule has 0 aliphatic heterocycles. The molecular weight excluding hydrogens is 725 g/mol. The smallest absolute Gasteiger partial charge is 0.164 e. The van der Waals surface area contributed by atoms with Crippen LogP contribution in [0.2, 0.25) is 0 Å². The van der Waals surface area contributed by atoms with E-state index in [4.69, 9.17) is 15.0 Å². The second-order valence-electron chi connectivity index (χ2n) is 14.8. The molecule has 0 atom stereocenters. The van der Waals surface area contributed by atoms with Gasteiger partial charge in [-0.2, -0.15) is 0 Å². The van der Waals surface area contributed by atoms with E-state index in [1.807, 2.05) is 35.6 Å². The third-order valence-corrected chi connectivity index (χ3v) is 12.5. The summed E-state index contributed by atoms with van der Waals surface area (Å²) in [4.78, 5) is 15.5. The van der Waals surface area contributed by atoms with Crippen molar-refractivity contribution >= 4 is 74.9 Å². The Morgan fingerprint density at radius 2 is 0.914 bits per heavy atom. The Bertz CT molecular complexity index is 3470. The summed E-state index contributed by atoms with van der Waals surface area (Å²) >= 11 is 1.81. The predicted molar refractivity (Wildman–Crippen MR) is 244 cm³/mol. The van der Waals surface area contributed by atoms with Gasteiger partial charge in [0.2, 0.25) is 0 Å². The van der Waals surface area contributed by atoms with Crippen molar-refractivity contribution < 1.29 is 0 Å². The second kappa shape index (κ2) is 13.1. The lowest BCUT2D eigenvalue weighted by atomic mass is 10.00. The van der Waals surface area contributed by atoms with Crippen LogP contribution >= 0.6 is 11.3 Å². The molecule has 0 aliphatic carbocycles. The zero-order valence-corrected chi connectivity index (χ0v) is 32.0. The third kappa shape index (κ3) is 5.18. The first-order valence-electron chi connectivity index (χ1n) is 19.5. The molecule has 270 valence electrons. The molecule has 0 unspecified atom stereocenters. The Hall–Kier alpha value is -7.47. The molecule has 9 aromatic carbocycles. The Balaban J connectivity index is 1.06. The van der Waals surface area contributed by atoms with Crippen molar-refractivity contribution in [3.63, 3.8) is 0 Å². The van der Waals surface area contributed by atoms with Crippen LogP contribution in [0.4, 0.5) is 0 Å². The standard InChI is InChI=1S/C53H32N4S/c1-3-13-33(14-4-1)37-19-11-20-38(31-37)52-54-51(36-17-5-2-6-18-36)55-53(56-52)43-23-12-24-46-48(43)42-28-27-39(32-47(42)58-46)57-44-29-25-34-15-7-9-21-40(34)49(44)50-41-22-10-8-16-35(41)26-30-45(50)57/h1-32H.